The molecule has 0 spiro atoms. The SMILES string of the molecule is O=Cc1cc(F)ccc1OCc1ccc(F)c(F)c1. The van der Waals surface area contributed by atoms with E-state index in [1.165, 1.54) is 12.1 Å². The van der Waals surface area contributed by atoms with Crippen molar-refractivity contribution in [3.8, 4) is 5.75 Å². The second-order valence-corrected chi connectivity index (χ2v) is 3.84. The Morgan fingerprint density at radius 1 is 1.00 bits per heavy atom. The van der Waals surface area contributed by atoms with Gasteiger partial charge in [0.25, 0.3) is 0 Å². The Bertz CT molecular complexity index is 612. The molecule has 0 aliphatic carbocycles. The summed E-state index contributed by atoms with van der Waals surface area (Å²) in [5.74, 6) is -2.29. The molecule has 0 fully saturated rings. The van der Waals surface area contributed by atoms with Crippen molar-refractivity contribution in [1.29, 1.82) is 0 Å². The highest BCUT2D eigenvalue weighted by molar-refractivity contribution is 5.79. The monoisotopic (exact) mass is 266 g/mol. The van der Waals surface area contributed by atoms with Crippen molar-refractivity contribution in [3.05, 3.63) is 65.0 Å². The number of halogens is 3. The fourth-order valence-corrected chi connectivity index (χ4v) is 1.53. The Balaban J connectivity index is 2.14. The predicted molar refractivity (Wildman–Crippen MR) is 62.5 cm³/mol. The molecule has 0 N–H and O–H groups in total. The van der Waals surface area contributed by atoms with Crippen LogP contribution in [0, 0.1) is 17.5 Å². The van der Waals surface area contributed by atoms with Crippen LogP contribution in [0.2, 0.25) is 0 Å². The van der Waals surface area contributed by atoms with Crippen molar-refractivity contribution in [2.75, 3.05) is 0 Å². The summed E-state index contributed by atoms with van der Waals surface area (Å²) in [7, 11) is 0. The second-order valence-electron chi connectivity index (χ2n) is 3.84. The Hall–Kier alpha value is -2.30. The van der Waals surface area contributed by atoms with E-state index in [1.807, 2.05) is 0 Å². The molecule has 0 saturated carbocycles. The Morgan fingerprint density at radius 2 is 1.79 bits per heavy atom. The van der Waals surface area contributed by atoms with Crippen molar-refractivity contribution < 1.29 is 22.7 Å². The summed E-state index contributed by atoms with van der Waals surface area (Å²) in [6.45, 7) is -0.0519. The number of hydrogen-bond donors (Lipinski definition) is 0. The molecule has 2 aromatic rings. The van der Waals surface area contributed by atoms with Gasteiger partial charge in [-0.2, -0.15) is 0 Å². The summed E-state index contributed by atoms with van der Waals surface area (Å²) in [4.78, 5) is 10.7. The highest BCUT2D eigenvalue weighted by Crippen LogP contribution is 2.19. The lowest BCUT2D eigenvalue weighted by atomic mass is 10.2. The fraction of sp³-hybridized carbons (Fsp3) is 0.0714. The third-order valence-electron chi connectivity index (χ3n) is 2.48. The van der Waals surface area contributed by atoms with Gasteiger partial charge in [0.15, 0.2) is 17.9 Å². The van der Waals surface area contributed by atoms with Crippen LogP contribution >= 0.6 is 0 Å². The quantitative estimate of drug-likeness (QED) is 0.792. The average molecular weight is 266 g/mol. The van der Waals surface area contributed by atoms with Crippen LogP contribution in [0.3, 0.4) is 0 Å². The Kier molecular flexibility index (Phi) is 3.85. The van der Waals surface area contributed by atoms with Crippen LogP contribution in [0.1, 0.15) is 15.9 Å². The van der Waals surface area contributed by atoms with Crippen LogP contribution in [0.4, 0.5) is 13.2 Å². The maximum absolute atomic E-state index is 13.0. The van der Waals surface area contributed by atoms with E-state index in [9.17, 15) is 18.0 Å². The van der Waals surface area contributed by atoms with Crippen molar-refractivity contribution in [1.82, 2.24) is 0 Å². The molecule has 0 unspecified atom stereocenters. The van der Waals surface area contributed by atoms with Gasteiger partial charge in [-0.25, -0.2) is 13.2 Å². The van der Waals surface area contributed by atoms with Crippen LogP contribution in [0.15, 0.2) is 36.4 Å². The number of ether oxygens (including phenoxy) is 1. The third-order valence-corrected chi connectivity index (χ3v) is 2.48. The standard InChI is InChI=1S/C14H9F3O2/c15-11-2-4-14(10(6-11)7-18)19-8-9-1-3-12(16)13(17)5-9/h1-7H,8H2. The average Bonchev–Trinajstić information content (AvgIpc) is 2.41. The van der Waals surface area contributed by atoms with Crippen molar-refractivity contribution >= 4 is 6.29 Å². The zero-order valence-corrected chi connectivity index (χ0v) is 9.70. The summed E-state index contributed by atoms with van der Waals surface area (Å²) in [5, 5.41) is 0. The molecule has 0 bridgehead atoms. The molecular formula is C14H9F3O2. The minimum atomic E-state index is -0.976. The van der Waals surface area contributed by atoms with Gasteiger partial charge >= 0.3 is 0 Å². The van der Waals surface area contributed by atoms with Gasteiger partial charge in [-0.05, 0) is 35.9 Å². The second kappa shape index (κ2) is 5.56. The topological polar surface area (TPSA) is 26.3 Å². The first-order valence-corrected chi connectivity index (χ1v) is 5.41. The predicted octanol–water partition coefficient (Wildman–Crippen LogP) is 3.50. The van der Waals surface area contributed by atoms with E-state index < -0.39 is 17.5 Å². The Morgan fingerprint density at radius 3 is 2.47 bits per heavy atom. The van der Waals surface area contributed by atoms with Gasteiger partial charge in [0.2, 0.25) is 0 Å². The lowest BCUT2D eigenvalue weighted by Gasteiger charge is -2.08. The minimum Gasteiger partial charge on any atom is -0.488 e. The van der Waals surface area contributed by atoms with Gasteiger partial charge in [-0.15, -0.1) is 0 Å². The number of carbonyl (C=O) groups excluding carboxylic acids is 1. The smallest absolute Gasteiger partial charge is 0.159 e. The lowest BCUT2D eigenvalue weighted by molar-refractivity contribution is 0.111. The minimum absolute atomic E-state index is 0.0519. The van der Waals surface area contributed by atoms with Gasteiger partial charge in [-0.1, -0.05) is 6.07 Å². The van der Waals surface area contributed by atoms with Crippen molar-refractivity contribution in [2.45, 2.75) is 6.61 Å². The molecular weight excluding hydrogens is 257 g/mol. The summed E-state index contributed by atoms with van der Waals surface area (Å²) < 4.78 is 43.9. The van der Waals surface area contributed by atoms with Gasteiger partial charge in [-0.3, -0.25) is 4.79 Å². The highest BCUT2D eigenvalue weighted by atomic mass is 19.2. The van der Waals surface area contributed by atoms with E-state index in [4.69, 9.17) is 4.74 Å². The lowest BCUT2D eigenvalue weighted by Crippen LogP contribution is -2.00. The number of aldehydes is 1. The van der Waals surface area contributed by atoms with E-state index in [1.54, 1.807) is 0 Å². The molecule has 0 amide bonds. The van der Waals surface area contributed by atoms with E-state index >= 15 is 0 Å². The number of carbonyl (C=O) groups is 1. The van der Waals surface area contributed by atoms with E-state index in [-0.39, 0.29) is 17.9 Å². The van der Waals surface area contributed by atoms with Crippen LogP contribution in [-0.4, -0.2) is 6.29 Å². The van der Waals surface area contributed by atoms with E-state index in [0.29, 0.717) is 11.8 Å². The molecule has 5 heteroatoms. The first-order valence-electron chi connectivity index (χ1n) is 5.41. The van der Waals surface area contributed by atoms with Gasteiger partial charge in [0, 0.05) is 0 Å². The van der Waals surface area contributed by atoms with Gasteiger partial charge in [0.1, 0.15) is 18.2 Å². The maximum Gasteiger partial charge on any atom is 0.159 e. The third kappa shape index (κ3) is 3.13. The summed E-state index contributed by atoms with van der Waals surface area (Å²) in [6.07, 6.45) is 0.462. The van der Waals surface area contributed by atoms with E-state index in [0.717, 1.165) is 24.3 Å². The van der Waals surface area contributed by atoms with E-state index in [2.05, 4.69) is 0 Å². The molecule has 2 nitrogen and oxygen atoms in total. The zero-order valence-electron chi connectivity index (χ0n) is 9.70. The van der Waals surface area contributed by atoms with Crippen LogP contribution in [0.5, 0.6) is 5.75 Å². The molecule has 0 aromatic heterocycles. The summed E-state index contributed by atoms with van der Waals surface area (Å²) in [5.41, 5.74) is 0.461. The Labute approximate surface area is 107 Å². The molecule has 0 aliphatic heterocycles. The summed E-state index contributed by atoms with van der Waals surface area (Å²) in [6, 6.07) is 6.83. The number of benzene rings is 2. The largest absolute Gasteiger partial charge is 0.488 e. The van der Waals surface area contributed by atoms with Crippen molar-refractivity contribution in [3.63, 3.8) is 0 Å². The summed E-state index contributed by atoms with van der Waals surface area (Å²) >= 11 is 0. The molecule has 19 heavy (non-hydrogen) atoms. The molecule has 2 aromatic carbocycles. The number of hydrogen-bond acceptors (Lipinski definition) is 2. The normalized spacial score (nSPS) is 10.3. The molecule has 0 atom stereocenters. The molecule has 2 rings (SSSR count). The molecule has 0 heterocycles. The van der Waals surface area contributed by atoms with Gasteiger partial charge in [0.05, 0.1) is 5.56 Å². The number of rotatable bonds is 4. The zero-order chi connectivity index (χ0) is 13.8. The molecule has 0 aliphatic rings. The van der Waals surface area contributed by atoms with Crippen molar-refractivity contribution in [2.24, 2.45) is 0 Å². The van der Waals surface area contributed by atoms with Crippen LogP contribution < -0.4 is 4.74 Å². The molecule has 0 saturated heterocycles. The molecule has 98 valence electrons. The van der Waals surface area contributed by atoms with Crippen LogP contribution in [-0.2, 0) is 6.61 Å². The maximum atomic E-state index is 13.0. The first kappa shape index (κ1) is 13.1. The van der Waals surface area contributed by atoms with Crippen LogP contribution in [0.25, 0.3) is 0 Å². The fourth-order valence-electron chi connectivity index (χ4n) is 1.53. The first-order chi connectivity index (χ1) is 9.10. The molecule has 0 radical (unpaired) electrons. The highest BCUT2D eigenvalue weighted by Gasteiger charge is 2.07. The van der Waals surface area contributed by atoms with Gasteiger partial charge < -0.3 is 4.74 Å².